The normalized spacial score (nSPS) is 15.2. The quantitative estimate of drug-likeness (QED) is 0.730. The Hall–Kier alpha value is -1.46. The third-order valence-corrected chi connectivity index (χ3v) is 2.09. The molecule has 1 N–H and O–H groups in total. The van der Waals surface area contributed by atoms with E-state index in [9.17, 15) is 4.79 Å². The fraction of sp³-hybridized carbons (Fsp3) is 0.714. The van der Waals surface area contributed by atoms with Gasteiger partial charge < -0.3 is 5.11 Å². The number of tetrazole rings is 1. The molecule has 6 nitrogen and oxygen atoms in total. The summed E-state index contributed by atoms with van der Waals surface area (Å²) in [5.74, 6) is -0.886. The lowest BCUT2D eigenvalue weighted by atomic mass is 10.00. The van der Waals surface area contributed by atoms with Gasteiger partial charge in [0.2, 0.25) is 0 Å². The van der Waals surface area contributed by atoms with Gasteiger partial charge in [0, 0.05) is 0 Å². The van der Waals surface area contributed by atoms with Gasteiger partial charge in [0.15, 0.2) is 6.04 Å². The average Bonchev–Trinajstić information content (AvgIpc) is 2.56. The van der Waals surface area contributed by atoms with Crippen LogP contribution in [0, 0.1) is 5.92 Å². The number of nitrogens with zero attached hydrogens (tertiary/aromatic N) is 4. The van der Waals surface area contributed by atoms with Gasteiger partial charge >= 0.3 is 5.97 Å². The van der Waals surface area contributed by atoms with Crippen molar-refractivity contribution in [1.29, 1.82) is 0 Å². The third kappa shape index (κ3) is 2.01. The molecule has 0 saturated heterocycles. The molecular formula is C7H12N4O2. The zero-order chi connectivity index (χ0) is 9.84. The summed E-state index contributed by atoms with van der Waals surface area (Å²) in [7, 11) is 0. The van der Waals surface area contributed by atoms with Gasteiger partial charge in [-0.15, -0.1) is 5.10 Å². The molecule has 0 aromatic carbocycles. The van der Waals surface area contributed by atoms with Crippen molar-refractivity contribution in [2.75, 3.05) is 0 Å². The average molecular weight is 184 g/mol. The van der Waals surface area contributed by atoms with E-state index in [1.165, 1.54) is 11.0 Å². The second-order valence-electron chi connectivity index (χ2n) is 2.96. The topological polar surface area (TPSA) is 80.9 Å². The van der Waals surface area contributed by atoms with Crippen molar-refractivity contribution in [1.82, 2.24) is 20.2 Å². The van der Waals surface area contributed by atoms with Crippen LogP contribution >= 0.6 is 0 Å². The Morgan fingerprint density at radius 2 is 2.38 bits per heavy atom. The monoisotopic (exact) mass is 184 g/mol. The molecule has 0 amide bonds. The Morgan fingerprint density at radius 1 is 1.69 bits per heavy atom. The Balaban J connectivity index is 2.87. The molecule has 0 aliphatic carbocycles. The molecule has 1 heterocycles. The third-order valence-electron chi connectivity index (χ3n) is 2.09. The minimum absolute atomic E-state index is 0.0148. The Labute approximate surface area is 75.6 Å². The summed E-state index contributed by atoms with van der Waals surface area (Å²) < 4.78 is 1.27. The number of aromatic nitrogens is 4. The van der Waals surface area contributed by atoms with E-state index in [0.717, 1.165) is 6.42 Å². The lowest BCUT2D eigenvalue weighted by molar-refractivity contribution is -0.143. The molecule has 0 spiro atoms. The number of hydrogen-bond donors (Lipinski definition) is 1. The molecule has 1 rings (SSSR count). The molecule has 2 atom stereocenters. The number of rotatable bonds is 4. The lowest BCUT2D eigenvalue weighted by Gasteiger charge is -2.17. The molecule has 0 aliphatic rings. The van der Waals surface area contributed by atoms with Gasteiger partial charge in [0.25, 0.3) is 0 Å². The first kappa shape index (κ1) is 9.63. The van der Waals surface area contributed by atoms with Gasteiger partial charge in [-0.2, -0.15) is 0 Å². The zero-order valence-corrected chi connectivity index (χ0v) is 7.58. The highest BCUT2D eigenvalue weighted by atomic mass is 16.4. The van der Waals surface area contributed by atoms with Crippen LogP contribution in [0.2, 0.25) is 0 Å². The summed E-state index contributed by atoms with van der Waals surface area (Å²) in [6, 6.07) is -0.667. The van der Waals surface area contributed by atoms with E-state index in [2.05, 4.69) is 15.5 Å². The molecule has 6 heteroatoms. The molecule has 72 valence electrons. The molecular weight excluding hydrogens is 172 g/mol. The highest BCUT2D eigenvalue weighted by Gasteiger charge is 2.26. The van der Waals surface area contributed by atoms with Crippen LogP contribution in [0.4, 0.5) is 0 Å². The van der Waals surface area contributed by atoms with Crippen LogP contribution in [0.5, 0.6) is 0 Å². The van der Waals surface area contributed by atoms with Gasteiger partial charge in [0.05, 0.1) is 0 Å². The van der Waals surface area contributed by atoms with Gasteiger partial charge in [0.1, 0.15) is 6.33 Å². The summed E-state index contributed by atoms with van der Waals surface area (Å²) >= 11 is 0. The molecule has 0 radical (unpaired) electrons. The predicted octanol–water partition coefficient (Wildman–Crippen LogP) is 0.345. The summed E-state index contributed by atoms with van der Waals surface area (Å²) in [6.07, 6.45) is 2.10. The van der Waals surface area contributed by atoms with Crippen molar-refractivity contribution in [3.05, 3.63) is 6.33 Å². The molecule has 0 aliphatic heterocycles. The van der Waals surface area contributed by atoms with Crippen LogP contribution in [0.1, 0.15) is 26.3 Å². The van der Waals surface area contributed by atoms with Gasteiger partial charge in [-0.25, -0.2) is 9.48 Å². The van der Waals surface area contributed by atoms with Crippen molar-refractivity contribution in [3.63, 3.8) is 0 Å². The molecule has 0 saturated carbocycles. The van der Waals surface area contributed by atoms with Crippen molar-refractivity contribution in [2.24, 2.45) is 5.92 Å². The van der Waals surface area contributed by atoms with Gasteiger partial charge in [-0.05, 0) is 16.3 Å². The van der Waals surface area contributed by atoms with Crippen LogP contribution in [0.15, 0.2) is 6.33 Å². The fourth-order valence-electron chi connectivity index (χ4n) is 1.14. The predicted molar refractivity (Wildman–Crippen MR) is 43.9 cm³/mol. The fourth-order valence-corrected chi connectivity index (χ4v) is 1.14. The zero-order valence-electron chi connectivity index (χ0n) is 7.58. The van der Waals surface area contributed by atoms with Crippen LogP contribution in [0.25, 0.3) is 0 Å². The second-order valence-corrected chi connectivity index (χ2v) is 2.96. The summed E-state index contributed by atoms with van der Waals surface area (Å²) in [5, 5.41) is 19.3. The van der Waals surface area contributed by atoms with E-state index in [1.807, 2.05) is 13.8 Å². The number of carbonyl (C=O) groups is 1. The van der Waals surface area contributed by atoms with E-state index in [1.54, 1.807) is 0 Å². The summed E-state index contributed by atoms with van der Waals surface area (Å²) in [6.45, 7) is 3.80. The van der Waals surface area contributed by atoms with E-state index < -0.39 is 12.0 Å². The minimum Gasteiger partial charge on any atom is -0.480 e. The molecule has 0 fully saturated rings. The minimum atomic E-state index is -0.901. The number of carboxylic acid groups (broad SMARTS) is 1. The second kappa shape index (κ2) is 3.97. The molecule has 0 unspecified atom stereocenters. The largest absolute Gasteiger partial charge is 0.480 e. The molecule has 1 aromatic rings. The smallest absolute Gasteiger partial charge is 0.328 e. The summed E-state index contributed by atoms with van der Waals surface area (Å²) in [5.41, 5.74) is 0. The van der Waals surface area contributed by atoms with Crippen LogP contribution in [0.3, 0.4) is 0 Å². The van der Waals surface area contributed by atoms with E-state index >= 15 is 0 Å². The Morgan fingerprint density at radius 3 is 2.77 bits per heavy atom. The summed E-state index contributed by atoms with van der Waals surface area (Å²) in [4.78, 5) is 10.9. The Kier molecular flexibility index (Phi) is 2.94. The van der Waals surface area contributed by atoms with E-state index in [-0.39, 0.29) is 5.92 Å². The standard InChI is InChI=1S/C7H12N4O2/c1-3-5(2)6(7(12)13)11-4-8-9-10-11/h4-6H,3H2,1-2H3,(H,12,13)/t5-,6+/m0/s1. The van der Waals surface area contributed by atoms with Crippen LogP contribution < -0.4 is 0 Å². The maximum atomic E-state index is 10.9. The SMILES string of the molecule is CC[C@H](C)[C@H](C(=O)O)n1cnnn1. The molecule has 0 bridgehead atoms. The molecule has 1 aromatic heterocycles. The first-order chi connectivity index (χ1) is 6.16. The highest BCUT2D eigenvalue weighted by Crippen LogP contribution is 2.19. The first-order valence-electron chi connectivity index (χ1n) is 4.12. The Bertz CT molecular complexity index is 272. The van der Waals surface area contributed by atoms with Crippen molar-refractivity contribution in [3.8, 4) is 0 Å². The van der Waals surface area contributed by atoms with Gasteiger partial charge in [-0.3, -0.25) is 0 Å². The van der Waals surface area contributed by atoms with Crippen molar-refractivity contribution >= 4 is 5.97 Å². The van der Waals surface area contributed by atoms with Crippen LogP contribution in [-0.4, -0.2) is 31.3 Å². The molecule has 13 heavy (non-hydrogen) atoms. The first-order valence-corrected chi connectivity index (χ1v) is 4.12. The highest BCUT2D eigenvalue weighted by molar-refractivity contribution is 5.71. The number of aliphatic carboxylic acids is 1. The van der Waals surface area contributed by atoms with Crippen LogP contribution in [-0.2, 0) is 4.79 Å². The van der Waals surface area contributed by atoms with E-state index in [0.29, 0.717) is 0 Å². The van der Waals surface area contributed by atoms with Crippen molar-refractivity contribution in [2.45, 2.75) is 26.3 Å². The number of hydrogen-bond acceptors (Lipinski definition) is 4. The van der Waals surface area contributed by atoms with E-state index in [4.69, 9.17) is 5.11 Å². The number of carboxylic acids is 1. The van der Waals surface area contributed by atoms with Crippen molar-refractivity contribution < 1.29 is 9.90 Å². The van der Waals surface area contributed by atoms with Gasteiger partial charge in [-0.1, -0.05) is 20.3 Å². The maximum absolute atomic E-state index is 10.9. The lowest BCUT2D eigenvalue weighted by Crippen LogP contribution is -2.25. The maximum Gasteiger partial charge on any atom is 0.328 e.